The van der Waals surface area contributed by atoms with Crippen molar-refractivity contribution >= 4 is 5.91 Å². The second kappa shape index (κ2) is 7.85. The predicted octanol–water partition coefficient (Wildman–Crippen LogP) is 1.89. The number of likely N-dealkylation sites (N-methyl/N-ethyl adjacent to an activating group) is 1. The highest BCUT2D eigenvalue weighted by Crippen LogP contribution is 2.30. The number of benzene rings is 1. The number of carbonyl (C=O) groups excluding carboxylic acids is 1. The number of rotatable bonds is 6. The SMILES string of the molecule is COc1ccc(C(=O)N2CCC(CN(C)C)(OC)CC2)cc1OC. The van der Waals surface area contributed by atoms with Crippen LogP contribution in [0.25, 0.3) is 0 Å². The molecule has 0 radical (unpaired) electrons. The third kappa shape index (κ3) is 3.99. The predicted molar refractivity (Wildman–Crippen MR) is 93.0 cm³/mol. The molecule has 0 aliphatic carbocycles. The minimum absolute atomic E-state index is 0.0190. The molecule has 1 aliphatic heterocycles. The third-order valence-corrected chi connectivity index (χ3v) is 4.63. The first-order valence-electron chi connectivity index (χ1n) is 8.16. The molecule has 0 bridgehead atoms. The van der Waals surface area contributed by atoms with Crippen LogP contribution < -0.4 is 9.47 Å². The molecule has 0 spiro atoms. The summed E-state index contributed by atoms with van der Waals surface area (Å²) in [5, 5.41) is 0. The number of amides is 1. The van der Waals surface area contributed by atoms with Crippen molar-refractivity contribution in [1.29, 1.82) is 0 Å². The summed E-state index contributed by atoms with van der Waals surface area (Å²) in [5.74, 6) is 1.21. The molecular weight excluding hydrogens is 308 g/mol. The Morgan fingerprint density at radius 3 is 2.25 bits per heavy atom. The average Bonchev–Trinajstić information content (AvgIpc) is 2.60. The van der Waals surface area contributed by atoms with Gasteiger partial charge in [0.1, 0.15) is 0 Å². The van der Waals surface area contributed by atoms with E-state index in [1.165, 1.54) is 0 Å². The van der Waals surface area contributed by atoms with E-state index in [0.29, 0.717) is 30.2 Å². The minimum Gasteiger partial charge on any atom is -0.493 e. The molecular formula is C18H28N2O4. The maximum Gasteiger partial charge on any atom is 0.253 e. The second-order valence-corrected chi connectivity index (χ2v) is 6.49. The van der Waals surface area contributed by atoms with Gasteiger partial charge in [0.05, 0.1) is 19.8 Å². The van der Waals surface area contributed by atoms with Crippen LogP contribution in [0.3, 0.4) is 0 Å². The van der Waals surface area contributed by atoms with E-state index in [2.05, 4.69) is 4.90 Å². The minimum atomic E-state index is -0.169. The number of likely N-dealkylation sites (tertiary alicyclic amines) is 1. The van der Waals surface area contributed by atoms with Crippen molar-refractivity contribution in [2.24, 2.45) is 0 Å². The molecule has 6 nitrogen and oxygen atoms in total. The van der Waals surface area contributed by atoms with E-state index in [0.717, 1.165) is 19.4 Å². The van der Waals surface area contributed by atoms with Crippen LogP contribution in [-0.4, -0.2) is 76.4 Å². The molecule has 6 heteroatoms. The molecule has 2 rings (SSSR count). The Hall–Kier alpha value is -1.79. The van der Waals surface area contributed by atoms with Gasteiger partial charge in [0.15, 0.2) is 11.5 Å². The van der Waals surface area contributed by atoms with Gasteiger partial charge in [-0.25, -0.2) is 0 Å². The first kappa shape index (κ1) is 18.5. The Balaban J connectivity index is 2.07. The van der Waals surface area contributed by atoms with E-state index in [-0.39, 0.29) is 11.5 Å². The zero-order chi connectivity index (χ0) is 17.7. The summed E-state index contributed by atoms with van der Waals surface area (Å²) in [6.45, 7) is 2.24. The molecule has 1 heterocycles. The van der Waals surface area contributed by atoms with E-state index in [1.54, 1.807) is 39.5 Å². The van der Waals surface area contributed by atoms with Crippen molar-refractivity contribution in [1.82, 2.24) is 9.80 Å². The molecule has 0 unspecified atom stereocenters. The van der Waals surface area contributed by atoms with Gasteiger partial charge in [-0.1, -0.05) is 0 Å². The summed E-state index contributed by atoms with van der Waals surface area (Å²) in [5.41, 5.74) is 0.447. The topological polar surface area (TPSA) is 51.2 Å². The van der Waals surface area contributed by atoms with Gasteiger partial charge in [0, 0.05) is 32.3 Å². The van der Waals surface area contributed by atoms with Gasteiger partial charge in [0.2, 0.25) is 0 Å². The lowest BCUT2D eigenvalue weighted by Gasteiger charge is -2.42. The highest BCUT2D eigenvalue weighted by Gasteiger charge is 2.36. The normalized spacial score (nSPS) is 17.0. The Labute approximate surface area is 144 Å². The first-order valence-corrected chi connectivity index (χ1v) is 8.16. The lowest BCUT2D eigenvalue weighted by atomic mass is 9.90. The van der Waals surface area contributed by atoms with E-state index < -0.39 is 0 Å². The molecule has 0 N–H and O–H groups in total. The summed E-state index contributed by atoms with van der Waals surface area (Å²) in [4.78, 5) is 16.8. The number of methoxy groups -OCH3 is 3. The molecule has 1 fully saturated rings. The average molecular weight is 336 g/mol. The monoisotopic (exact) mass is 336 g/mol. The van der Waals surface area contributed by atoms with E-state index in [9.17, 15) is 4.79 Å². The van der Waals surface area contributed by atoms with Crippen molar-refractivity contribution in [3.8, 4) is 11.5 Å². The molecule has 24 heavy (non-hydrogen) atoms. The Morgan fingerprint density at radius 1 is 1.12 bits per heavy atom. The van der Waals surface area contributed by atoms with Gasteiger partial charge in [0.25, 0.3) is 5.91 Å². The molecule has 1 aromatic carbocycles. The Kier molecular flexibility index (Phi) is 6.07. The van der Waals surface area contributed by atoms with E-state index in [1.807, 2.05) is 19.0 Å². The van der Waals surface area contributed by atoms with Crippen molar-refractivity contribution in [2.75, 3.05) is 55.1 Å². The standard InChI is InChI=1S/C18H28N2O4/c1-19(2)13-18(24-5)8-10-20(11-9-18)17(21)14-6-7-15(22-3)16(12-14)23-4/h6-7,12H,8-11,13H2,1-5H3. The second-order valence-electron chi connectivity index (χ2n) is 6.49. The van der Waals surface area contributed by atoms with Crippen LogP contribution in [0.4, 0.5) is 0 Å². The summed E-state index contributed by atoms with van der Waals surface area (Å²) in [7, 11) is 9.00. The lowest BCUT2D eigenvalue weighted by Crippen LogP contribution is -2.52. The summed E-state index contributed by atoms with van der Waals surface area (Å²) >= 11 is 0. The van der Waals surface area contributed by atoms with Crippen LogP contribution in [0.15, 0.2) is 18.2 Å². The molecule has 0 saturated carbocycles. The number of nitrogens with zero attached hydrogens (tertiary/aromatic N) is 2. The zero-order valence-corrected chi connectivity index (χ0v) is 15.3. The Bertz CT molecular complexity index is 566. The quantitative estimate of drug-likeness (QED) is 0.794. The summed E-state index contributed by atoms with van der Waals surface area (Å²) in [6, 6.07) is 5.28. The lowest BCUT2D eigenvalue weighted by molar-refractivity contribution is -0.0654. The molecule has 134 valence electrons. The molecule has 0 atom stereocenters. The van der Waals surface area contributed by atoms with Crippen molar-refractivity contribution in [3.63, 3.8) is 0 Å². The van der Waals surface area contributed by atoms with Gasteiger partial charge < -0.3 is 24.0 Å². The fourth-order valence-corrected chi connectivity index (χ4v) is 3.27. The van der Waals surface area contributed by atoms with E-state index in [4.69, 9.17) is 14.2 Å². The molecule has 1 amide bonds. The van der Waals surface area contributed by atoms with Crippen molar-refractivity contribution in [3.05, 3.63) is 23.8 Å². The smallest absolute Gasteiger partial charge is 0.253 e. The van der Waals surface area contributed by atoms with Crippen molar-refractivity contribution in [2.45, 2.75) is 18.4 Å². The van der Waals surface area contributed by atoms with Crippen molar-refractivity contribution < 1.29 is 19.0 Å². The largest absolute Gasteiger partial charge is 0.493 e. The number of ether oxygens (including phenoxy) is 3. The van der Waals surface area contributed by atoms with Gasteiger partial charge in [-0.2, -0.15) is 0 Å². The van der Waals surface area contributed by atoms with Crippen LogP contribution >= 0.6 is 0 Å². The van der Waals surface area contributed by atoms with Crippen LogP contribution in [-0.2, 0) is 4.74 Å². The fraction of sp³-hybridized carbons (Fsp3) is 0.611. The van der Waals surface area contributed by atoms with Crippen LogP contribution in [0.1, 0.15) is 23.2 Å². The molecule has 0 aromatic heterocycles. The van der Waals surface area contributed by atoms with Gasteiger partial charge in [-0.05, 0) is 45.1 Å². The van der Waals surface area contributed by atoms with Crippen LogP contribution in [0, 0.1) is 0 Å². The van der Waals surface area contributed by atoms with E-state index >= 15 is 0 Å². The zero-order valence-electron chi connectivity index (χ0n) is 15.3. The summed E-state index contributed by atoms with van der Waals surface area (Å²) in [6.07, 6.45) is 1.67. The van der Waals surface area contributed by atoms with Gasteiger partial charge in [-0.15, -0.1) is 0 Å². The highest BCUT2D eigenvalue weighted by atomic mass is 16.5. The molecule has 1 saturated heterocycles. The third-order valence-electron chi connectivity index (χ3n) is 4.63. The maximum atomic E-state index is 12.8. The van der Waals surface area contributed by atoms with Gasteiger partial charge >= 0.3 is 0 Å². The highest BCUT2D eigenvalue weighted by molar-refractivity contribution is 5.95. The molecule has 1 aromatic rings. The van der Waals surface area contributed by atoms with Crippen LogP contribution in [0.2, 0.25) is 0 Å². The maximum absolute atomic E-state index is 12.8. The van der Waals surface area contributed by atoms with Crippen LogP contribution in [0.5, 0.6) is 11.5 Å². The summed E-state index contributed by atoms with van der Waals surface area (Å²) < 4.78 is 16.3. The number of carbonyl (C=O) groups is 1. The van der Waals surface area contributed by atoms with Gasteiger partial charge in [-0.3, -0.25) is 4.79 Å². The number of piperidine rings is 1. The first-order chi connectivity index (χ1) is 11.4. The molecule has 1 aliphatic rings. The Morgan fingerprint density at radius 2 is 1.75 bits per heavy atom. The number of hydrogen-bond donors (Lipinski definition) is 0. The number of hydrogen-bond acceptors (Lipinski definition) is 5. The fourth-order valence-electron chi connectivity index (χ4n) is 3.27.